The van der Waals surface area contributed by atoms with Crippen molar-refractivity contribution in [2.45, 2.75) is 44.6 Å². The summed E-state index contributed by atoms with van der Waals surface area (Å²) in [5.74, 6) is 3.93. The molecule has 1 heterocycles. The number of nitrogens with one attached hydrogen (secondary N) is 2. The summed E-state index contributed by atoms with van der Waals surface area (Å²) in [7, 11) is 1.74. The largest absolute Gasteiger partial charge is 0.358 e. The highest BCUT2D eigenvalue weighted by Crippen LogP contribution is 2.52. The summed E-state index contributed by atoms with van der Waals surface area (Å²) in [6.07, 6.45) is 8.22. The molecular weight excluding hydrogens is 212 g/mol. The highest BCUT2D eigenvalue weighted by Gasteiger charge is 2.44. The molecule has 96 valence electrons. The smallest absolute Gasteiger partial charge is 0.236 e. The van der Waals surface area contributed by atoms with Crippen LogP contribution in [0.5, 0.6) is 0 Å². The van der Waals surface area contributed by atoms with Crippen LogP contribution in [0.3, 0.4) is 0 Å². The summed E-state index contributed by atoms with van der Waals surface area (Å²) < 4.78 is 0. The van der Waals surface area contributed by atoms with Crippen molar-refractivity contribution in [2.24, 2.45) is 23.7 Å². The third-order valence-corrected chi connectivity index (χ3v) is 5.41. The van der Waals surface area contributed by atoms with Crippen molar-refractivity contribution in [3.63, 3.8) is 0 Å². The molecule has 1 aliphatic heterocycles. The number of amides is 1. The summed E-state index contributed by atoms with van der Waals surface area (Å²) in [5.41, 5.74) is 0. The Kier molecular flexibility index (Phi) is 3.12. The lowest BCUT2D eigenvalue weighted by molar-refractivity contribution is -0.123. The highest BCUT2D eigenvalue weighted by molar-refractivity contribution is 5.81. The molecule has 1 amide bonds. The number of hydrogen-bond acceptors (Lipinski definition) is 2. The minimum Gasteiger partial charge on any atom is -0.358 e. The van der Waals surface area contributed by atoms with E-state index in [9.17, 15) is 4.79 Å². The van der Waals surface area contributed by atoms with E-state index in [0.29, 0.717) is 0 Å². The molecule has 5 unspecified atom stereocenters. The van der Waals surface area contributed by atoms with Gasteiger partial charge in [0.1, 0.15) is 0 Å². The maximum Gasteiger partial charge on any atom is 0.236 e. The molecule has 3 heteroatoms. The van der Waals surface area contributed by atoms with Gasteiger partial charge in [0.05, 0.1) is 6.04 Å². The van der Waals surface area contributed by atoms with E-state index in [1.807, 2.05) is 0 Å². The Morgan fingerprint density at radius 1 is 1.12 bits per heavy atom. The molecule has 0 spiro atoms. The third kappa shape index (κ3) is 2.10. The topological polar surface area (TPSA) is 41.1 Å². The van der Waals surface area contributed by atoms with Crippen molar-refractivity contribution in [1.29, 1.82) is 0 Å². The number of hydrogen-bond donors (Lipinski definition) is 2. The molecule has 3 fully saturated rings. The number of rotatable bonds is 2. The van der Waals surface area contributed by atoms with E-state index in [1.165, 1.54) is 32.1 Å². The Balaban J connectivity index is 1.62. The molecule has 3 nitrogen and oxygen atoms in total. The van der Waals surface area contributed by atoms with Crippen LogP contribution in [-0.2, 0) is 4.79 Å². The molecular formula is C14H24N2O. The lowest BCUT2D eigenvalue weighted by Crippen LogP contribution is -2.49. The van der Waals surface area contributed by atoms with Crippen LogP contribution in [-0.4, -0.2) is 25.5 Å². The molecule has 0 aromatic heterocycles. The average Bonchev–Trinajstić information content (AvgIpc) is 3.00. The third-order valence-electron chi connectivity index (χ3n) is 5.41. The van der Waals surface area contributed by atoms with Gasteiger partial charge in [-0.2, -0.15) is 0 Å². The Hall–Kier alpha value is -0.570. The van der Waals surface area contributed by atoms with Gasteiger partial charge in [0.2, 0.25) is 5.91 Å². The van der Waals surface area contributed by atoms with Gasteiger partial charge in [-0.25, -0.2) is 0 Å². The first-order valence-corrected chi connectivity index (χ1v) is 7.23. The summed E-state index contributed by atoms with van der Waals surface area (Å²) >= 11 is 0. The molecule has 2 bridgehead atoms. The van der Waals surface area contributed by atoms with Gasteiger partial charge in [-0.3, -0.25) is 4.79 Å². The molecule has 3 aliphatic rings. The number of piperidine rings is 1. The highest BCUT2D eigenvalue weighted by atomic mass is 16.2. The van der Waals surface area contributed by atoms with Crippen molar-refractivity contribution in [3.05, 3.63) is 0 Å². The zero-order valence-electron chi connectivity index (χ0n) is 10.7. The van der Waals surface area contributed by atoms with Crippen LogP contribution in [0.25, 0.3) is 0 Å². The minimum atomic E-state index is 0.0675. The number of fused-ring (bicyclic) bond motifs is 2. The van der Waals surface area contributed by atoms with Gasteiger partial charge in [-0.05, 0) is 62.3 Å². The summed E-state index contributed by atoms with van der Waals surface area (Å²) in [5, 5.41) is 6.13. The Morgan fingerprint density at radius 3 is 2.59 bits per heavy atom. The first-order valence-electron chi connectivity index (χ1n) is 7.23. The van der Waals surface area contributed by atoms with E-state index in [0.717, 1.165) is 36.6 Å². The molecule has 0 aromatic carbocycles. The van der Waals surface area contributed by atoms with Gasteiger partial charge in [-0.15, -0.1) is 0 Å². The van der Waals surface area contributed by atoms with Crippen LogP contribution in [0.1, 0.15) is 38.5 Å². The summed E-state index contributed by atoms with van der Waals surface area (Å²) in [6.45, 7) is 1.02. The molecule has 0 radical (unpaired) electrons. The minimum absolute atomic E-state index is 0.0675. The molecule has 1 saturated heterocycles. The molecule has 2 N–H and O–H groups in total. The van der Waals surface area contributed by atoms with E-state index in [4.69, 9.17) is 0 Å². The maximum absolute atomic E-state index is 11.7. The van der Waals surface area contributed by atoms with Crippen molar-refractivity contribution in [2.75, 3.05) is 13.6 Å². The number of likely N-dealkylation sites (N-methyl/N-ethyl adjacent to an activating group) is 1. The van der Waals surface area contributed by atoms with Crippen molar-refractivity contribution < 1.29 is 4.79 Å². The van der Waals surface area contributed by atoms with Crippen LogP contribution in [0.2, 0.25) is 0 Å². The zero-order valence-corrected chi connectivity index (χ0v) is 10.7. The van der Waals surface area contributed by atoms with Crippen LogP contribution >= 0.6 is 0 Å². The lowest BCUT2D eigenvalue weighted by atomic mass is 9.74. The number of carbonyl (C=O) groups is 1. The average molecular weight is 236 g/mol. The van der Waals surface area contributed by atoms with Gasteiger partial charge >= 0.3 is 0 Å². The quantitative estimate of drug-likeness (QED) is 0.763. The number of carbonyl (C=O) groups excluding carboxylic acids is 1. The predicted octanol–water partition coefficient (Wildman–Crippen LogP) is 1.54. The molecule has 0 aromatic rings. The molecule has 5 atom stereocenters. The summed E-state index contributed by atoms with van der Waals surface area (Å²) in [4.78, 5) is 11.7. The predicted molar refractivity (Wildman–Crippen MR) is 67.5 cm³/mol. The molecule has 2 saturated carbocycles. The van der Waals surface area contributed by atoms with Gasteiger partial charge in [0.25, 0.3) is 0 Å². The monoisotopic (exact) mass is 236 g/mol. The Bertz CT molecular complexity index is 305. The van der Waals surface area contributed by atoms with E-state index in [2.05, 4.69) is 10.6 Å². The summed E-state index contributed by atoms with van der Waals surface area (Å²) in [6, 6.07) is 0.0675. The van der Waals surface area contributed by atoms with Gasteiger partial charge in [-0.1, -0.05) is 6.42 Å². The van der Waals surface area contributed by atoms with E-state index >= 15 is 0 Å². The Morgan fingerprint density at radius 2 is 1.94 bits per heavy atom. The fourth-order valence-electron chi connectivity index (χ4n) is 4.58. The van der Waals surface area contributed by atoms with E-state index in [1.54, 1.807) is 7.05 Å². The van der Waals surface area contributed by atoms with Gasteiger partial charge < -0.3 is 10.6 Å². The molecule has 17 heavy (non-hydrogen) atoms. The van der Waals surface area contributed by atoms with Crippen molar-refractivity contribution in [3.8, 4) is 0 Å². The SMILES string of the molecule is CNC(=O)C1CC(C2CC3CCC2C3)CCN1. The van der Waals surface area contributed by atoms with E-state index < -0.39 is 0 Å². The van der Waals surface area contributed by atoms with Gasteiger partial charge in [0, 0.05) is 7.05 Å². The van der Waals surface area contributed by atoms with Crippen LogP contribution in [0.4, 0.5) is 0 Å². The molecule has 3 rings (SSSR count). The van der Waals surface area contributed by atoms with Crippen molar-refractivity contribution >= 4 is 5.91 Å². The first kappa shape index (κ1) is 11.5. The fraction of sp³-hybridized carbons (Fsp3) is 0.929. The second-order valence-electron chi connectivity index (χ2n) is 6.24. The van der Waals surface area contributed by atoms with Crippen LogP contribution in [0, 0.1) is 23.7 Å². The Labute approximate surface area is 104 Å². The normalized spacial score (nSPS) is 44.9. The second kappa shape index (κ2) is 4.60. The lowest BCUT2D eigenvalue weighted by Gasteiger charge is -2.36. The second-order valence-corrected chi connectivity index (χ2v) is 6.24. The van der Waals surface area contributed by atoms with Crippen LogP contribution in [0.15, 0.2) is 0 Å². The zero-order chi connectivity index (χ0) is 11.8. The van der Waals surface area contributed by atoms with Gasteiger partial charge in [0.15, 0.2) is 0 Å². The first-order chi connectivity index (χ1) is 8.28. The van der Waals surface area contributed by atoms with Crippen LogP contribution < -0.4 is 10.6 Å². The molecule has 2 aliphatic carbocycles. The fourth-order valence-corrected chi connectivity index (χ4v) is 4.58. The van der Waals surface area contributed by atoms with E-state index in [-0.39, 0.29) is 11.9 Å². The standard InChI is InChI=1S/C14H24N2O/c1-15-14(17)13-8-11(4-5-16-13)12-7-9-2-3-10(12)6-9/h9-13,16H,2-8H2,1H3,(H,15,17). The maximum atomic E-state index is 11.7. The van der Waals surface area contributed by atoms with Crippen molar-refractivity contribution in [1.82, 2.24) is 10.6 Å².